The van der Waals surface area contributed by atoms with Gasteiger partial charge in [0.1, 0.15) is 13.2 Å². The SMILES string of the molecule is CC(C(=O)O)n1nnnc1-c1cccc2c1OCCO2. The van der Waals surface area contributed by atoms with Crippen LogP contribution in [0.25, 0.3) is 11.4 Å². The average molecular weight is 276 g/mol. The van der Waals surface area contributed by atoms with Crippen molar-refractivity contribution in [1.82, 2.24) is 20.2 Å². The zero-order valence-electron chi connectivity index (χ0n) is 10.7. The standard InChI is InChI=1S/C12H12N4O4/c1-7(12(17)18)16-11(13-14-15-16)8-3-2-4-9-10(8)20-6-5-19-9/h2-4,7H,5-6H2,1H3,(H,17,18). The molecule has 1 aromatic heterocycles. The Bertz CT molecular complexity index is 655. The molecule has 8 nitrogen and oxygen atoms in total. The first-order chi connectivity index (χ1) is 9.68. The van der Waals surface area contributed by atoms with E-state index in [9.17, 15) is 4.79 Å². The van der Waals surface area contributed by atoms with E-state index >= 15 is 0 Å². The summed E-state index contributed by atoms with van der Waals surface area (Å²) in [6, 6.07) is 4.46. The monoisotopic (exact) mass is 276 g/mol. The highest BCUT2D eigenvalue weighted by Crippen LogP contribution is 2.39. The number of hydrogen-bond donors (Lipinski definition) is 1. The van der Waals surface area contributed by atoms with Crippen LogP contribution in [0.4, 0.5) is 0 Å². The van der Waals surface area contributed by atoms with E-state index in [0.29, 0.717) is 36.1 Å². The zero-order chi connectivity index (χ0) is 14.1. The molecule has 1 aromatic carbocycles. The highest BCUT2D eigenvalue weighted by atomic mass is 16.6. The fourth-order valence-corrected chi connectivity index (χ4v) is 1.99. The number of para-hydroxylation sites is 1. The molecule has 0 spiro atoms. The maximum absolute atomic E-state index is 11.1. The normalized spacial score (nSPS) is 14.8. The van der Waals surface area contributed by atoms with E-state index in [-0.39, 0.29) is 0 Å². The van der Waals surface area contributed by atoms with Crippen LogP contribution in [0.15, 0.2) is 18.2 Å². The van der Waals surface area contributed by atoms with Crippen molar-refractivity contribution in [3.05, 3.63) is 18.2 Å². The number of hydrogen-bond acceptors (Lipinski definition) is 6. The Morgan fingerprint density at radius 2 is 2.20 bits per heavy atom. The van der Waals surface area contributed by atoms with E-state index in [1.807, 2.05) is 0 Å². The number of rotatable bonds is 3. The van der Waals surface area contributed by atoms with E-state index in [1.54, 1.807) is 18.2 Å². The van der Waals surface area contributed by atoms with Crippen molar-refractivity contribution in [2.45, 2.75) is 13.0 Å². The van der Waals surface area contributed by atoms with Crippen LogP contribution >= 0.6 is 0 Å². The molecule has 3 rings (SSSR count). The molecular weight excluding hydrogens is 264 g/mol. The summed E-state index contributed by atoms with van der Waals surface area (Å²) in [5.41, 5.74) is 0.611. The summed E-state index contributed by atoms with van der Waals surface area (Å²) < 4.78 is 12.3. The molecule has 0 amide bonds. The Kier molecular flexibility index (Phi) is 2.97. The van der Waals surface area contributed by atoms with Crippen LogP contribution in [0.2, 0.25) is 0 Å². The minimum atomic E-state index is -1.01. The second kappa shape index (κ2) is 4.80. The second-order valence-corrected chi connectivity index (χ2v) is 4.29. The van der Waals surface area contributed by atoms with Gasteiger partial charge in [0.15, 0.2) is 23.4 Å². The minimum absolute atomic E-state index is 0.335. The van der Waals surface area contributed by atoms with Crippen LogP contribution < -0.4 is 9.47 Å². The summed E-state index contributed by atoms with van der Waals surface area (Å²) in [6.07, 6.45) is 0. The maximum Gasteiger partial charge on any atom is 0.328 e. The van der Waals surface area contributed by atoms with Crippen molar-refractivity contribution in [1.29, 1.82) is 0 Å². The van der Waals surface area contributed by atoms with Crippen molar-refractivity contribution in [3.63, 3.8) is 0 Å². The van der Waals surface area contributed by atoms with E-state index < -0.39 is 12.0 Å². The molecule has 2 aromatic rings. The van der Waals surface area contributed by atoms with Crippen molar-refractivity contribution in [2.75, 3.05) is 13.2 Å². The largest absolute Gasteiger partial charge is 0.486 e. The molecule has 0 aliphatic carbocycles. The van der Waals surface area contributed by atoms with Gasteiger partial charge < -0.3 is 14.6 Å². The second-order valence-electron chi connectivity index (χ2n) is 4.29. The molecule has 2 heterocycles. The summed E-state index contributed by atoms with van der Waals surface area (Å²) in [7, 11) is 0. The van der Waals surface area contributed by atoms with Crippen molar-refractivity contribution >= 4 is 5.97 Å². The summed E-state index contributed by atoms with van der Waals surface area (Å²) >= 11 is 0. The molecule has 104 valence electrons. The summed E-state index contributed by atoms with van der Waals surface area (Å²) in [5.74, 6) is 0.460. The highest BCUT2D eigenvalue weighted by molar-refractivity contribution is 5.74. The van der Waals surface area contributed by atoms with Crippen molar-refractivity contribution in [3.8, 4) is 22.9 Å². The summed E-state index contributed by atoms with van der Waals surface area (Å²) in [4.78, 5) is 11.1. The fourth-order valence-electron chi connectivity index (χ4n) is 1.99. The predicted octanol–water partition coefficient (Wildman–Crippen LogP) is 0.757. The van der Waals surface area contributed by atoms with Gasteiger partial charge in [-0.25, -0.2) is 9.48 Å². The molecule has 8 heteroatoms. The highest BCUT2D eigenvalue weighted by Gasteiger charge is 2.25. The number of fused-ring (bicyclic) bond motifs is 1. The van der Waals surface area contributed by atoms with Gasteiger partial charge in [-0.2, -0.15) is 0 Å². The van der Waals surface area contributed by atoms with Gasteiger partial charge in [0.05, 0.1) is 5.56 Å². The molecule has 1 N–H and O–H groups in total. The van der Waals surface area contributed by atoms with Gasteiger partial charge in [-0.15, -0.1) is 5.10 Å². The Morgan fingerprint density at radius 3 is 3.00 bits per heavy atom. The first-order valence-corrected chi connectivity index (χ1v) is 6.08. The minimum Gasteiger partial charge on any atom is -0.486 e. The lowest BCUT2D eigenvalue weighted by Gasteiger charge is -2.20. The molecule has 20 heavy (non-hydrogen) atoms. The Labute approximate surface area is 113 Å². The molecule has 0 saturated heterocycles. The number of aliphatic carboxylic acids is 1. The number of tetrazole rings is 1. The Morgan fingerprint density at radius 1 is 1.40 bits per heavy atom. The lowest BCUT2D eigenvalue weighted by Crippen LogP contribution is -2.19. The number of benzene rings is 1. The number of carboxylic acid groups (broad SMARTS) is 1. The van der Waals surface area contributed by atoms with Crippen molar-refractivity contribution in [2.24, 2.45) is 0 Å². The Balaban J connectivity index is 2.11. The third-order valence-electron chi connectivity index (χ3n) is 3.02. The molecule has 0 bridgehead atoms. The third kappa shape index (κ3) is 1.94. The van der Waals surface area contributed by atoms with Crippen LogP contribution in [0, 0.1) is 0 Å². The zero-order valence-corrected chi connectivity index (χ0v) is 10.7. The first kappa shape index (κ1) is 12.4. The molecule has 1 atom stereocenters. The van der Waals surface area contributed by atoms with E-state index in [4.69, 9.17) is 14.6 Å². The fraction of sp³-hybridized carbons (Fsp3) is 0.333. The van der Waals surface area contributed by atoms with Gasteiger partial charge in [-0.1, -0.05) is 6.07 Å². The lowest BCUT2D eigenvalue weighted by molar-refractivity contribution is -0.140. The molecule has 1 aliphatic heterocycles. The smallest absolute Gasteiger partial charge is 0.328 e. The number of carboxylic acids is 1. The van der Waals surface area contributed by atoms with Crippen LogP contribution in [-0.4, -0.2) is 44.5 Å². The summed E-state index contributed by atoms with van der Waals surface area (Å²) in [5, 5.41) is 20.3. The number of aromatic nitrogens is 4. The van der Waals surface area contributed by atoms with Crippen LogP contribution in [0.1, 0.15) is 13.0 Å². The van der Waals surface area contributed by atoms with Gasteiger partial charge in [0.2, 0.25) is 0 Å². The van der Waals surface area contributed by atoms with Gasteiger partial charge in [-0.3, -0.25) is 0 Å². The van der Waals surface area contributed by atoms with Gasteiger partial charge >= 0.3 is 5.97 Å². The van der Waals surface area contributed by atoms with Crippen LogP contribution in [0.5, 0.6) is 11.5 Å². The van der Waals surface area contributed by atoms with Crippen LogP contribution in [-0.2, 0) is 4.79 Å². The van der Waals surface area contributed by atoms with E-state index in [2.05, 4.69) is 15.5 Å². The molecular formula is C12H12N4O4. The van der Waals surface area contributed by atoms with E-state index in [1.165, 1.54) is 11.6 Å². The molecule has 0 saturated carbocycles. The topological polar surface area (TPSA) is 99.4 Å². The average Bonchev–Trinajstić information content (AvgIpc) is 2.94. The van der Waals surface area contributed by atoms with Gasteiger partial charge in [0, 0.05) is 0 Å². The predicted molar refractivity (Wildman–Crippen MR) is 66.6 cm³/mol. The number of carbonyl (C=O) groups is 1. The molecule has 0 fully saturated rings. The first-order valence-electron chi connectivity index (χ1n) is 6.08. The third-order valence-corrected chi connectivity index (χ3v) is 3.02. The molecule has 0 radical (unpaired) electrons. The Hall–Kier alpha value is -2.64. The maximum atomic E-state index is 11.1. The van der Waals surface area contributed by atoms with Crippen LogP contribution in [0.3, 0.4) is 0 Å². The van der Waals surface area contributed by atoms with E-state index in [0.717, 1.165) is 0 Å². The van der Waals surface area contributed by atoms with Gasteiger partial charge in [0.25, 0.3) is 0 Å². The summed E-state index contributed by atoms with van der Waals surface area (Å²) in [6.45, 7) is 2.42. The lowest BCUT2D eigenvalue weighted by atomic mass is 10.1. The molecule has 1 aliphatic rings. The van der Waals surface area contributed by atoms with Crippen molar-refractivity contribution < 1.29 is 19.4 Å². The number of ether oxygens (including phenoxy) is 2. The number of nitrogens with zero attached hydrogens (tertiary/aromatic N) is 4. The quantitative estimate of drug-likeness (QED) is 0.883. The van der Waals surface area contributed by atoms with Gasteiger partial charge in [-0.05, 0) is 29.5 Å². The molecule has 1 unspecified atom stereocenters.